The second kappa shape index (κ2) is 7.67. The van der Waals surface area contributed by atoms with Crippen LogP contribution in [0.15, 0.2) is 59.0 Å². The van der Waals surface area contributed by atoms with Crippen molar-refractivity contribution in [3.05, 3.63) is 71.5 Å². The van der Waals surface area contributed by atoms with Gasteiger partial charge in [0.05, 0.1) is 5.56 Å². The van der Waals surface area contributed by atoms with Crippen LogP contribution >= 0.6 is 0 Å². The zero-order chi connectivity index (χ0) is 20.3. The molecule has 146 valence electrons. The van der Waals surface area contributed by atoms with Crippen molar-refractivity contribution in [2.75, 3.05) is 0 Å². The Balaban J connectivity index is 1.76. The Morgan fingerprint density at radius 2 is 1.75 bits per heavy atom. The first-order chi connectivity index (χ1) is 13.2. The third-order valence-electron chi connectivity index (χ3n) is 3.94. The van der Waals surface area contributed by atoms with E-state index >= 15 is 0 Å². The minimum Gasteiger partial charge on any atom is -0.489 e. The van der Waals surface area contributed by atoms with E-state index in [-0.39, 0.29) is 12.6 Å². The third-order valence-corrected chi connectivity index (χ3v) is 3.94. The van der Waals surface area contributed by atoms with Crippen LogP contribution in [0.4, 0.5) is 18.0 Å². The molecule has 0 unspecified atom stereocenters. The first-order valence-electron chi connectivity index (χ1n) is 8.13. The molecule has 0 spiro atoms. The molecule has 1 heterocycles. The maximum absolute atomic E-state index is 12.9. The second-order valence-electron chi connectivity index (χ2n) is 5.91. The fraction of sp³-hybridized carbons (Fsp3) is 0.150. The molecule has 0 amide bonds. The topological polar surface area (TPSA) is 68.9 Å². The fourth-order valence-electron chi connectivity index (χ4n) is 2.57. The number of alkyl halides is 3. The van der Waals surface area contributed by atoms with Gasteiger partial charge in [-0.15, -0.1) is 0 Å². The van der Waals surface area contributed by atoms with E-state index in [9.17, 15) is 18.0 Å². The zero-order valence-corrected chi connectivity index (χ0v) is 14.6. The molecule has 0 aliphatic rings. The van der Waals surface area contributed by atoms with Gasteiger partial charge in [0.25, 0.3) is 5.95 Å². The van der Waals surface area contributed by atoms with E-state index in [0.717, 1.165) is 12.1 Å². The van der Waals surface area contributed by atoms with Gasteiger partial charge in [0.15, 0.2) is 0 Å². The summed E-state index contributed by atoms with van der Waals surface area (Å²) in [5.74, 6) is 0.711. The van der Waals surface area contributed by atoms with Crippen LogP contribution in [-0.4, -0.2) is 11.3 Å². The SMILES string of the molecule is Cc1oc(OC(=O)O)cc1COc1cccc(-c2cccc(C(F)(F)F)c2)c1. The van der Waals surface area contributed by atoms with Crippen molar-refractivity contribution in [2.45, 2.75) is 19.7 Å². The van der Waals surface area contributed by atoms with E-state index in [1.165, 1.54) is 12.1 Å². The van der Waals surface area contributed by atoms with Crippen molar-refractivity contribution in [1.82, 2.24) is 0 Å². The van der Waals surface area contributed by atoms with Gasteiger partial charge < -0.3 is 19.0 Å². The van der Waals surface area contributed by atoms with E-state index in [1.807, 2.05) is 0 Å². The van der Waals surface area contributed by atoms with Crippen LogP contribution < -0.4 is 9.47 Å². The van der Waals surface area contributed by atoms with Crippen LogP contribution in [-0.2, 0) is 12.8 Å². The van der Waals surface area contributed by atoms with Gasteiger partial charge in [-0.1, -0.05) is 24.3 Å². The number of ether oxygens (including phenoxy) is 2. The van der Waals surface area contributed by atoms with E-state index in [0.29, 0.717) is 28.2 Å². The molecule has 8 heteroatoms. The van der Waals surface area contributed by atoms with E-state index in [1.54, 1.807) is 37.3 Å². The van der Waals surface area contributed by atoms with Crippen molar-refractivity contribution in [1.29, 1.82) is 0 Å². The van der Waals surface area contributed by atoms with Gasteiger partial charge in [0, 0.05) is 11.6 Å². The summed E-state index contributed by atoms with van der Waals surface area (Å²) >= 11 is 0. The van der Waals surface area contributed by atoms with Crippen molar-refractivity contribution in [2.24, 2.45) is 0 Å². The van der Waals surface area contributed by atoms with Gasteiger partial charge in [-0.3, -0.25) is 0 Å². The maximum atomic E-state index is 12.9. The van der Waals surface area contributed by atoms with Gasteiger partial charge >= 0.3 is 12.3 Å². The average molecular weight is 392 g/mol. The molecule has 1 aromatic heterocycles. The van der Waals surface area contributed by atoms with Crippen molar-refractivity contribution >= 4 is 6.16 Å². The van der Waals surface area contributed by atoms with Gasteiger partial charge in [0.1, 0.15) is 18.1 Å². The lowest BCUT2D eigenvalue weighted by Gasteiger charge is -2.10. The predicted molar refractivity (Wildman–Crippen MR) is 93.3 cm³/mol. The molecule has 0 saturated heterocycles. The standard InChI is InChI=1S/C20H15F3O5/c1-12-15(10-18(27-12)28-19(24)25)11-26-17-7-3-5-14(9-17)13-4-2-6-16(8-13)20(21,22)23/h2-10H,11H2,1H3,(H,24,25). The largest absolute Gasteiger partial charge is 0.513 e. The molecule has 0 radical (unpaired) electrons. The second-order valence-corrected chi connectivity index (χ2v) is 5.91. The molecule has 0 aliphatic heterocycles. The highest BCUT2D eigenvalue weighted by molar-refractivity contribution is 5.66. The highest BCUT2D eigenvalue weighted by atomic mass is 19.4. The summed E-state index contributed by atoms with van der Waals surface area (Å²) in [5, 5.41) is 8.60. The molecule has 0 aliphatic carbocycles. The van der Waals surface area contributed by atoms with Gasteiger partial charge in [-0.25, -0.2) is 4.79 Å². The molecule has 2 aromatic carbocycles. The minimum atomic E-state index is -4.42. The van der Waals surface area contributed by atoms with Crippen LogP contribution in [0.1, 0.15) is 16.9 Å². The number of furan rings is 1. The summed E-state index contributed by atoms with van der Waals surface area (Å²) in [4.78, 5) is 10.5. The first-order valence-corrected chi connectivity index (χ1v) is 8.13. The number of benzene rings is 2. The lowest BCUT2D eigenvalue weighted by molar-refractivity contribution is -0.137. The van der Waals surface area contributed by atoms with Crippen molar-refractivity contribution in [3.8, 4) is 22.8 Å². The Morgan fingerprint density at radius 3 is 2.43 bits per heavy atom. The Labute approximate surface area is 157 Å². The number of hydrogen-bond acceptors (Lipinski definition) is 4. The van der Waals surface area contributed by atoms with Crippen LogP contribution in [0.25, 0.3) is 11.1 Å². The molecular weight excluding hydrogens is 377 g/mol. The molecule has 5 nitrogen and oxygen atoms in total. The average Bonchev–Trinajstić information content (AvgIpc) is 2.98. The lowest BCUT2D eigenvalue weighted by atomic mass is 10.0. The maximum Gasteiger partial charge on any atom is 0.513 e. The number of aryl methyl sites for hydroxylation is 1. The number of halogens is 3. The predicted octanol–water partition coefficient (Wildman–Crippen LogP) is 5.91. The normalized spacial score (nSPS) is 11.3. The van der Waals surface area contributed by atoms with E-state index in [4.69, 9.17) is 14.3 Å². The molecule has 3 aromatic rings. The fourth-order valence-corrected chi connectivity index (χ4v) is 2.57. The molecule has 3 rings (SSSR count). The van der Waals surface area contributed by atoms with Crippen LogP contribution in [0, 0.1) is 6.92 Å². The van der Waals surface area contributed by atoms with Gasteiger partial charge in [-0.05, 0) is 42.3 Å². The number of hydrogen-bond donors (Lipinski definition) is 1. The van der Waals surface area contributed by atoms with Gasteiger partial charge in [0.2, 0.25) is 0 Å². The lowest BCUT2D eigenvalue weighted by Crippen LogP contribution is -2.04. The summed E-state index contributed by atoms with van der Waals surface area (Å²) in [6, 6.07) is 13.1. The summed E-state index contributed by atoms with van der Waals surface area (Å²) in [5.41, 5.74) is 0.844. The molecular formula is C20H15F3O5. The number of rotatable bonds is 5. The van der Waals surface area contributed by atoms with Crippen LogP contribution in [0.5, 0.6) is 11.7 Å². The smallest absolute Gasteiger partial charge is 0.489 e. The molecule has 0 saturated carbocycles. The summed E-state index contributed by atoms with van der Waals surface area (Å²) < 4.78 is 54.0. The Kier molecular flexibility index (Phi) is 5.30. The third kappa shape index (κ3) is 4.64. The number of carbonyl (C=O) groups is 1. The first kappa shape index (κ1) is 19.3. The van der Waals surface area contributed by atoms with Crippen LogP contribution in [0.2, 0.25) is 0 Å². The van der Waals surface area contributed by atoms with Crippen molar-refractivity contribution < 1.29 is 37.0 Å². The molecule has 0 fully saturated rings. The molecule has 1 N–H and O–H groups in total. The molecule has 0 bridgehead atoms. The van der Waals surface area contributed by atoms with Gasteiger partial charge in [-0.2, -0.15) is 13.2 Å². The highest BCUT2D eigenvalue weighted by Gasteiger charge is 2.30. The van der Waals surface area contributed by atoms with Crippen LogP contribution in [0.3, 0.4) is 0 Å². The monoisotopic (exact) mass is 392 g/mol. The summed E-state index contributed by atoms with van der Waals surface area (Å²) in [6.07, 6.45) is -5.91. The minimum absolute atomic E-state index is 0.0738. The summed E-state index contributed by atoms with van der Waals surface area (Å²) in [6.45, 7) is 1.71. The van der Waals surface area contributed by atoms with E-state index < -0.39 is 17.9 Å². The summed E-state index contributed by atoms with van der Waals surface area (Å²) in [7, 11) is 0. The quantitative estimate of drug-likeness (QED) is 0.547. The molecule has 0 atom stereocenters. The Morgan fingerprint density at radius 1 is 1.07 bits per heavy atom. The van der Waals surface area contributed by atoms with Crippen molar-refractivity contribution in [3.63, 3.8) is 0 Å². The number of carboxylic acid groups (broad SMARTS) is 1. The Bertz CT molecular complexity index is 992. The highest BCUT2D eigenvalue weighted by Crippen LogP contribution is 2.33. The molecule has 28 heavy (non-hydrogen) atoms. The zero-order valence-electron chi connectivity index (χ0n) is 14.6. The Hall–Kier alpha value is -3.42. The van der Waals surface area contributed by atoms with E-state index in [2.05, 4.69) is 4.74 Å².